The van der Waals surface area contributed by atoms with Gasteiger partial charge < -0.3 is 18.0 Å². The fourth-order valence-electron chi connectivity index (χ4n) is 3.31. The zero-order chi connectivity index (χ0) is 19.3. The summed E-state index contributed by atoms with van der Waals surface area (Å²) in [5, 5.41) is 4.09. The molecule has 0 aromatic heterocycles. The average Bonchev–Trinajstić information content (AvgIpc) is 2.73. The standard InChI is InChI=1S/C21H24O5Si/c1-23-27(24-2,25-3)14-8-13-26-21(22)20-15-16-9-4-5-10-17(16)18-11-6-7-12-19(18)20/h4-7,9-12,15H,8,13-14H2,1-3H3. The second-order valence-electron chi connectivity index (χ2n) is 6.23. The van der Waals surface area contributed by atoms with Gasteiger partial charge in [-0.2, -0.15) is 0 Å². The van der Waals surface area contributed by atoms with E-state index in [1.165, 1.54) is 0 Å². The van der Waals surface area contributed by atoms with Crippen molar-refractivity contribution < 1.29 is 22.8 Å². The predicted molar refractivity (Wildman–Crippen MR) is 108 cm³/mol. The predicted octanol–water partition coefficient (Wildman–Crippen LogP) is 4.42. The number of ether oxygens (including phenoxy) is 1. The number of hydrogen-bond acceptors (Lipinski definition) is 5. The maximum atomic E-state index is 12.7. The molecular formula is C21H24O5Si. The molecule has 6 heteroatoms. The summed E-state index contributed by atoms with van der Waals surface area (Å²) in [5.74, 6) is -0.323. The van der Waals surface area contributed by atoms with Crippen LogP contribution in [0.2, 0.25) is 6.04 Å². The molecule has 3 rings (SSSR count). The maximum Gasteiger partial charge on any atom is 0.500 e. The summed E-state index contributed by atoms with van der Waals surface area (Å²) in [6, 6.07) is 18.4. The largest absolute Gasteiger partial charge is 0.500 e. The van der Waals surface area contributed by atoms with Crippen LogP contribution >= 0.6 is 0 Å². The quantitative estimate of drug-likeness (QED) is 0.249. The Morgan fingerprint density at radius 2 is 1.44 bits per heavy atom. The minimum atomic E-state index is -2.64. The van der Waals surface area contributed by atoms with Gasteiger partial charge in [-0.15, -0.1) is 0 Å². The van der Waals surface area contributed by atoms with Gasteiger partial charge in [0, 0.05) is 27.4 Å². The van der Waals surface area contributed by atoms with Gasteiger partial charge in [0.2, 0.25) is 0 Å². The van der Waals surface area contributed by atoms with Gasteiger partial charge in [-0.1, -0.05) is 48.5 Å². The Bertz CT molecular complexity index is 928. The highest BCUT2D eigenvalue weighted by atomic mass is 28.4. The first kappa shape index (κ1) is 19.5. The first-order chi connectivity index (χ1) is 13.1. The van der Waals surface area contributed by atoms with Crippen LogP contribution in [-0.2, 0) is 18.0 Å². The molecular weight excluding hydrogens is 360 g/mol. The minimum absolute atomic E-state index is 0.283. The summed E-state index contributed by atoms with van der Waals surface area (Å²) >= 11 is 0. The molecule has 0 radical (unpaired) electrons. The number of hydrogen-bond donors (Lipinski definition) is 0. The number of rotatable bonds is 8. The van der Waals surface area contributed by atoms with Crippen molar-refractivity contribution in [1.29, 1.82) is 0 Å². The van der Waals surface area contributed by atoms with Crippen molar-refractivity contribution in [3.05, 3.63) is 60.2 Å². The topological polar surface area (TPSA) is 54.0 Å². The molecule has 142 valence electrons. The molecule has 3 aromatic rings. The van der Waals surface area contributed by atoms with Crippen LogP contribution in [0.4, 0.5) is 0 Å². The van der Waals surface area contributed by atoms with Crippen LogP contribution in [0.15, 0.2) is 54.6 Å². The third-order valence-electron chi connectivity index (χ3n) is 4.78. The molecule has 0 amide bonds. The highest BCUT2D eigenvalue weighted by Crippen LogP contribution is 2.29. The summed E-state index contributed by atoms with van der Waals surface area (Å²) < 4.78 is 21.7. The van der Waals surface area contributed by atoms with E-state index in [-0.39, 0.29) is 12.6 Å². The lowest BCUT2D eigenvalue weighted by Gasteiger charge is -2.24. The highest BCUT2D eigenvalue weighted by Gasteiger charge is 2.37. The first-order valence-corrected chi connectivity index (χ1v) is 10.8. The molecule has 0 atom stereocenters. The summed E-state index contributed by atoms with van der Waals surface area (Å²) in [5.41, 5.74) is 0.582. The Kier molecular flexibility index (Phi) is 6.23. The molecule has 5 nitrogen and oxygen atoms in total. The third kappa shape index (κ3) is 4.04. The normalized spacial score (nSPS) is 11.8. The van der Waals surface area contributed by atoms with Crippen LogP contribution in [0.1, 0.15) is 16.8 Å². The van der Waals surface area contributed by atoms with Gasteiger partial charge in [0.1, 0.15) is 0 Å². The van der Waals surface area contributed by atoms with Gasteiger partial charge in [0.25, 0.3) is 0 Å². The lowest BCUT2D eigenvalue weighted by molar-refractivity contribution is 0.0495. The van der Waals surface area contributed by atoms with E-state index in [1.54, 1.807) is 21.3 Å². The van der Waals surface area contributed by atoms with Crippen LogP contribution in [0.5, 0.6) is 0 Å². The number of carbonyl (C=O) groups is 1. The second-order valence-corrected chi connectivity index (χ2v) is 9.32. The number of benzene rings is 3. The van der Waals surface area contributed by atoms with Gasteiger partial charge in [0.05, 0.1) is 12.2 Å². The molecule has 0 saturated heterocycles. The van der Waals surface area contributed by atoms with Crippen molar-refractivity contribution in [1.82, 2.24) is 0 Å². The van der Waals surface area contributed by atoms with Crippen LogP contribution in [0.3, 0.4) is 0 Å². The second kappa shape index (κ2) is 8.62. The van der Waals surface area contributed by atoms with Gasteiger partial charge >= 0.3 is 14.8 Å². The van der Waals surface area contributed by atoms with E-state index < -0.39 is 8.80 Å². The monoisotopic (exact) mass is 384 g/mol. The minimum Gasteiger partial charge on any atom is -0.462 e. The Morgan fingerprint density at radius 1 is 0.852 bits per heavy atom. The summed E-state index contributed by atoms with van der Waals surface area (Å²) in [7, 11) is 2.09. The SMILES string of the molecule is CO[Si](CCCOC(=O)c1cc2ccccc2c2ccccc12)(OC)OC. The summed E-state index contributed by atoms with van der Waals surface area (Å²) in [6.07, 6.45) is 0.610. The van der Waals surface area contributed by atoms with Crippen LogP contribution in [-0.4, -0.2) is 42.7 Å². The van der Waals surface area contributed by atoms with Gasteiger partial charge in [-0.25, -0.2) is 4.79 Å². The number of carbonyl (C=O) groups excluding carboxylic acids is 1. The third-order valence-corrected chi connectivity index (χ3v) is 7.61. The van der Waals surface area contributed by atoms with Gasteiger partial charge in [-0.05, 0) is 34.0 Å². The van der Waals surface area contributed by atoms with Crippen molar-refractivity contribution >= 4 is 36.3 Å². The summed E-state index contributed by atoms with van der Waals surface area (Å²) in [6.45, 7) is 0.283. The van der Waals surface area contributed by atoms with E-state index in [4.69, 9.17) is 18.0 Å². The Balaban J connectivity index is 1.78. The van der Waals surface area contributed by atoms with Crippen LogP contribution < -0.4 is 0 Å². The Morgan fingerprint density at radius 3 is 2.11 bits per heavy atom. The molecule has 0 fully saturated rings. The Hall–Kier alpha value is -2.25. The lowest BCUT2D eigenvalue weighted by Crippen LogP contribution is -2.42. The average molecular weight is 385 g/mol. The molecule has 0 unspecified atom stereocenters. The lowest BCUT2D eigenvalue weighted by atomic mass is 9.97. The Labute approximate surface area is 160 Å². The van der Waals surface area contributed by atoms with Gasteiger partial charge in [-0.3, -0.25) is 0 Å². The zero-order valence-corrected chi connectivity index (χ0v) is 16.9. The molecule has 0 spiro atoms. The van der Waals surface area contributed by atoms with Crippen molar-refractivity contribution in [2.45, 2.75) is 12.5 Å². The van der Waals surface area contributed by atoms with Crippen LogP contribution in [0.25, 0.3) is 21.5 Å². The van der Waals surface area contributed by atoms with E-state index in [0.717, 1.165) is 21.5 Å². The van der Waals surface area contributed by atoms with E-state index in [9.17, 15) is 4.79 Å². The molecule has 3 aromatic carbocycles. The number of esters is 1. The molecule has 0 saturated carbocycles. The van der Waals surface area contributed by atoms with Gasteiger partial charge in [0.15, 0.2) is 0 Å². The van der Waals surface area contributed by atoms with Crippen molar-refractivity contribution in [3.8, 4) is 0 Å². The zero-order valence-electron chi connectivity index (χ0n) is 15.9. The molecule has 0 N–H and O–H groups in total. The van der Waals surface area contributed by atoms with Crippen molar-refractivity contribution in [3.63, 3.8) is 0 Å². The molecule has 0 aliphatic heterocycles. The maximum absolute atomic E-state index is 12.7. The first-order valence-electron chi connectivity index (χ1n) is 8.87. The van der Waals surface area contributed by atoms with E-state index in [2.05, 4.69) is 6.07 Å². The highest BCUT2D eigenvalue weighted by molar-refractivity contribution is 6.60. The molecule has 0 aliphatic carbocycles. The fraction of sp³-hybridized carbons (Fsp3) is 0.286. The summed E-state index contributed by atoms with van der Waals surface area (Å²) in [4.78, 5) is 12.7. The number of fused-ring (bicyclic) bond motifs is 3. The van der Waals surface area contributed by atoms with Crippen molar-refractivity contribution in [2.75, 3.05) is 27.9 Å². The van der Waals surface area contributed by atoms with Crippen molar-refractivity contribution in [2.24, 2.45) is 0 Å². The molecule has 0 bridgehead atoms. The van der Waals surface area contributed by atoms with E-state index >= 15 is 0 Å². The fourth-order valence-corrected chi connectivity index (χ4v) is 5.00. The van der Waals surface area contributed by atoms with E-state index in [1.807, 2.05) is 48.5 Å². The van der Waals surface area contributed by atoms with E-state index in [0.29, 0.717) is 18.0 Å². The molecule has 0 aliphatic rings. The molecule has 27 heavy (non-hydrogen) atoms. The van der Waals surface area contributed by atoms with Crippen LogP contribution in [0, 0.1) is 0 Å². The molecule has 0 heterocycles. The smallest absolute Gasteiger partial charge is 0.462 e.